The maximum atomic E-state index is 5.75. The molecule has 0 unspecified atom stereocenters. The third-order valence-corrected chi connectivity index (χ3v) is 3.50. The lowest BCUT2D eigenvalue weighted by atomic mass is 10.2. The third kappa shape index (κ3) is 2.64. The molecule has 4 rings (SSSR count). The predicted molar refractivity (Wildman–Crippen MR) is 87.9 cm³/mol. The van der Waals surface area contributed by atoms with Crippen molar-refractivity contribution in [1.29, 1.82) is 0 Å². The average Bonchev–Trinajstić information content (AvgIpc) is 3.01. The zero-order valence-corrected chi connectivity index (χ0v) is 12.5. The Morgan fingerprint density at radius 1 is 0.913 bits per heavy atom. The highest BCUT2D eigenvalue weighted by Gasteiger charge is 2.09. The molecule has 112 valence electrons. The molecule has 0 fully saturated rings. The second kappa shape index (κ2) is 5.53. The van der Waals surface area contributed by atoms with E-state index in [1.165, 1.54) is 5.56 Å². The Morgan fingerprint density at radius 2 is 1.70 bits per heavy atom. The first-order valence-corrected chi connectivity index (χ1v) is 7.30. The van der Waals surface area contributed by atoms with Gasteiger partial charge in [-0.2, -0.15) is 5.10 Å². The summed E-state index contributed by atoms with van der Waals surface area (Å²) in [5.41, 5.74) is 3.53. The van der Waals surface area contributed by atoms with E-state index in [2.05, 4.69) is 15.1 Å². The Labute approximate surface area is 133 Å². The van der Waals surface area contributed by atoms with Gasteiger partial charge in [0.05, 0.1) is 18.1 Å². The molecule has 0 amide bonds. The van der Waals surface area contributed by atoms with E-state index in [4.69, 9.17) is 4.74 Å². The van der Waals surface area contributed by atoms with Crippen LogP contribution in [0.3, 0.4) is 0 Å². The number of rotatable bonds is 3. The van der Waals surface area contributed by atoms with Gasteiger partial charge < -0.3 is 4.74 Å². The van der Waals surface area contributed by atoms with Gasteiger partial charge >= 0.3 is 0 Å². The van der Waals surface area contributed by atoms with Crippen LogP contribution in [0.4, 0.5) is 0 Å². The van der Waals surface area contributed by atoms with Crippen LogP contribution in [0.5, 0.6) is 11.6 Å². The van der Waals surface area contributed by atoms with Crippen molar-refractivity contribution in [2.24, 2.45) is 0 Å². The maximum Gasteiger partial charge on any atom is 0.238 e. The van der Waals surface area contributed by atoms with Crippen LogP contribution in [0, 0.1) is 6.92 Å². The third-order valence-electron chi connectivity index (χ3n) is 3.50. The Hall–Kier alpha value is -3.21. The van der Waals surface area contributed by atoms with Gasteiger partial charge in [-0.15, -0.1) is 0 Å². The Bertz CT molecular complexity index is 946. The van der Waals surface area contributed by atoms with Crippen LogP contribution >= 0.6 is 0 Å². The molecule has 2 aromatic heterocycles. The highest BCUT2D eigenvalue weighted by atomic mass is 16.5. The molecule has 0 aliphatic rings. The average molecular weight is 302 g/mol. The van der Waals surface area contributed by atoms with E-state index in [1.807, 2.05) is 61.5 Å². The van der Waals surface area contributed by atoms with Crippen LogP contribution in [0.15, 0.2) is 67.0 Å². The van der Waals surface area contributed by atoms with Crippen molar-refractivity contribution in [3.8, 4) is 17.3 Å². The lowest BCUT2D eigenvalue weighted by molar-refractivity contribution is 0.462. The summed E-state index contributed by atoms with van der Waals surface area (Å²) in [5, 5.41) is 4.36. The van der Waals surface area contributed by atoms with Crippen molar-refractivity contribution in [3.63, 3.8) is 0 Å². The molecule has 2 heterocycles. The highest BCUT2D eigenvalue weighted by molar-refractivity contribution is 5.72. The number of hydrogen-bond acceptors (Lipinski definition) is 4. The lowest BCUT2D eigenvalue weighted by Crippen LogP contribution is -1.97. The first-order chi connectivity index (χ1) is 11.3. The number of para-hydroxylation sites is 1. The molecule has 5 heteroatoms. The van der Waals surface area contributed by atoms with Gasteiger partial charge in [-0.25, -0.2) is 14.6 Å². The van der Waals surface area contributed by atoms with E-state index in [-0.39, 0.29) is 0 Å². The first kappa shape index (κ1) is 13.5. The summed E-state index contributed by atoms with van der Waals surface area (Å²) < 4.78 is 7.51. The minimum absolute atomic E-state index is 0.453. The summed E-state index contributed by atoms with van der Waals surface area (Å²) in [5.74, 6) is 1.19. The molecular formula is C18H14N4O. The zero-order valence-electron chi connectivity index (χ0n) is 12.5. The monoisotopic (exact) mass is 302 g/mol. The molecule has 0 N–H and O–H groups in total. The van der Waals surface area contributed by atoms with E-state index < -0.39 is 0 Å². The van der Waals surface area contributed by atoms with Crippen molar-refractivity contribution in [3.05, 3.63) is 72.6 Å². The van der Waals surface area contributed by atoms with Gasteiger partial charge in [0, 0.05) is 0 Å². The van der Waals surface area contributed by atoms with E-state index in [1.54, 1.807) is 17.1 Å². The fourth-order valence-electron chi connectivity index (χ4n) is 2.33. The predicted octanol–water partition coefficient (Wildman–Crippen LogP) is 3.92. The van der Waals surface area contributed by atoms with Gasteiger partial charge in [-0.05, 0) is 31.2 Å². The van der Waals surface area contributed by atoms with Crippen LogP contribution in [0.25, 0.3) is 16.9 Å². The minimum atomic E-state index is 0.453. The fraction of sp³-hybridized carbons (Fsp3) is 0.0556. The quantitative estimate of drug-likeness (QED) is 0.575. The summed E-state index contributed by atoms with van der Waals surface area (Å²) in [7, 11) is 0. The van der Waals surface area contributed by atoms with Crippen LogP contribution in [0.2, 0.25) is 0 Å². The van der Waals surface area contributed by atoms with E-state index in [9.17, 15) is 0 Å². The van der Waals surface area contributed by atoms with Crippen molar-refractivity contribution in [2.45, 2.75) is 6.92 Å². The molecule has 0 radical (unpaired) electrons. The normalized spacial score (nSPS) is 10.8. The number of hydrogen-bond donors (Lipinski definition) is 0. The number of aromatic nitrogens is 4. The van der Waals surface area contributed by atoms with Crippen LogP contribution in [-0.2, 0) is 0 Å². The maximum absolute atomic E-state index is 5.75. The largest absolute Gasteiger partial charge is 0.437 e. The molecule has 0 saturated heterocycles. The SMILES string of the molecule is Cc1ccc(Oc2cnc3c(cnn3-c3ccccc3)n2)cc1. The van der Waals surface area contributed by atoms with Gasteiger partial charge in [-0.1, -0.05) is 35.9 Å². The lowest BCUT2D eigenvalue weighted by Gasteiger charge is -2.05. The zero-order chi connectivity index (χ0) is 15.6. The Kier molecular flexibility index (Phi) is 3.24. The molecule has 0 spiro atoms. The number of nitrogens with zero attached hydrogens (tertiary/aromatic N) is 4. The molecular weight excluding hydrogens is 288 g/mol. The second-order valence-electron chi connectivity index (χ2n) is 5.22. The van der Waals surface area contributed by atoms with Gasteiger partial charge in [0.1, 0.15) is 11.3 Å². The summed E-state index contributed by atoms with van der Waals surface area (Å²) in [6.07, 6.45) is 3.31. The summed E-state index contributed by atoms with van der Waals surface area (Å²) >= 11 is 0. The standard InChI is InChI=1S/C18H14N4O/c1-13-7-9-15(10-8-13)23-17-12-19-18-16(21-17)11-20-22(18)14-5-3-2-4-6-14/h2-12H,1H3. The van der Waals surface area contributed by atoms with Crippen molar-refractivity contribution in [2.75, 3.05) is 0 Å². The molecule has 4 aromatic rings. The second-order valence-corrected chi connectivity index (χ2v) is 5.22. The van der Waals surface area contributed by atoms with Gasteiger partial charge in [0.15, 0.2) is 5.65 Å². The molecule has 0 bridgehead atoms. The van der Waals surface area contributed by atoms with Crippen molar-refractivity contribution < 1.29 is 4.74 Å². The number of aryl methyl sites for hydroxylation is 1. The van der Waals surface area contributed by atoms with Crippen molar-refractivity contribution in [1.82, 2.24) is 19.7 Å². The molecule has 0 saturated carbocycles. The molecule has 0 atom stereocenters. The number of ether oxygens (including phenoxy) is 1. The molecule has 0 aliphatic carbocycles. The summed E-state index contributed by atoms with van der Waals surface area (Å²) in [6.45, 7) is 2.04. The molecule has 0 aliphatic heterocycles. The van der Waals surface area contributed by atoms with E-state index >= 15 is 0 Å². The molecule has 23 heavy (non-hydrogen) atoms. The summed E-state index contributed by atoms with van der Waals surface area (Å²) in [6, 6.07) is 17.7. The summed E-state index contributed by atoms with van der Waals surface area (Å²) in [4.78, 5) is 8.92. The minimum Gasteiger partial charge on any atom is -0.437 e. The number of benzene rings is 2. The van der Waals surface area contributed by atoms with Crippen LogP contribution < -0.4 is 4.74 Å². The van der Waals surface area contributed by atoms with Gasteiger partial charge in [0.2, 0.25) is 5.88 Å². The molecule has 2 aromatic carbocycles. The van der Waals surface area contributed by atoms with E-state index in [0.717, 1.165) is 11.4 Å². The first-order valence-electron chi connectivity index (χ1n) is 7.30. The molecule has 5 nitrogen and oxygen atoms in total. The van der Waals surface area contributed by atoms with Crippen LogP contribution in [0.1, 0.15) is 5.56 Å². The van der Waals surface area contributed by atoms with Gasteiger partial charge in [0.25, 0.3) is 0 Å². The highest BCUT2D eigenvalue weighted by Crippen LogP contribution is 2.22. The van der Waals surface area contributed by atoms with E-state index in [0.29, 0.717) is 17.0 Å². The Balaban J connectivity index is 1.68. The smallest absolute Gasteiger partial charge is 0.238 e. The Morgan fingerprint density at radius 3 is 2.48 bits per heavy atom. The topological polar surface area (TPSA) is 52.8 Å². The fourth-order valence-corrected chi connectivity index (χ4v) is 2.33. The van der Waals surface area contributed by atoms with Gasteiger partial charge in [-0.3, -0.25) is 0 Å². The van der Waals surface area contributed by atoms with Crippen molar-refractivity contribution >= 4 is 11.2 Å². The van der Waals surface area contributed by atoms with Crippen LogP contribution in [-0.4, -0.2) is 19.7 Å². The number of fused-ring (bicyclic) bond motifs is 1.